The molecule has 10 heteroatoms. The molecule has 30 heavy (non-hydrogen) atoms. The number of benzene rings is 1. The zero-order valence-electron chi connectivity index (χ0n) is 16.5. The van der Waals surface area contributed by atoms with E-state index in [1.165, 1.54) is 5.56 Å². The molecule has 2 aliphatic rings. The number of hydrogen-bond donors (Lipinski definition) is 2. The minimum Gasteiger partial charge on any atom is -0.454 e. The van der Waals surface area contributed by atoms with Gasteiger partial charge in [-0.25, -0.2) is 9.97 Å². The van der Waals surface area contributed by atoms with Gasteiger partial charge >= 0.3 is 0 Å². The van der Waals surface area contributed by atoms with Crippen molar-refractivity contribution in [2.45, 2.75) is 19.2 Å². The largest absolute Gasteiger partial charge is 0.454 e. The molecule has 0 radical (unpaired) electrons. The number of rotatable bonds is 6. The van der Waals surface area contributed by atoms with Crippen molar-refractivity contribution in [3.8, 4) is 11.5 Å². The SMILES string of the molecule is OCC(O)Cn1cnc2cnc(N3CCN(Cc4ccc5c(c4)OCO5)CC3)nc21. The van der Waals surface area contributed by atoms with E-state index in [-0.39, 0.29) is 13.2 Å². The van der Waals surface area contributed by atoms with Gasteiger partial charge in [0.05, 0.1) is 31.8 Å². The van der Waals surface area contributed by atoms with Crippen molar-refractivity contribution in [3.63, 3.8) is 0 Å². The number of nitrogens with zero attached hydrogens (tertiary/aromatic N) is 6. The Labute approximate surface area is 173 Å². The van der Waals surface area contributed by atoms with E-state index >= 15 is 0 Å². The third-order valence-electron chi connectivity index (χ3n) is 5.46. The van der Waals surface area contributed by atoms with Crippen molar-refractivity contribution >= 4 is 17.1 Å². The lowest BCUT2D eigenvalue weighted by atomic mass is 10.1. The number of imidazole rings is 1. The van der Waals surface area contributed by atoms with Crippen LogP contribution in [0, 0.1) is 0 Å². The molecule has 4 heterocycles. The van der Waals surface area contributed by atoms with Gasteiger partial charge in [0.1, 0.15) is 5.52 Å². The summed E-state index contributed by atoms with van der Waals surface area (Å²) in [6.45, 7) is 4.54. The maximum atomic E-state index is 9.74. The molecule has 0 spiro atoms. The van der Waals surface area contributed by atoms with Crippen LogP contribution in [0.15, 0.2) is 30.7 Å². The van der Waals surface area contributed by atoms with Crippen LogP contribution >= 0.6 is 0 Å². The minimum atomic E-state index is -0.847. The molecule has 1 saturated heterocycles. The smallest absolute Gasteiger partial charge is 0.231 e. The highest BCUT2D eigenvalue weighted by Crippen LogP contribution is 2.32. The molecule has 0 amide bonds. The summed E-state index contributed by atoms with van der Waals surface area (Å²) in [6.07, 6.45) is 2.48. The van der Waals surface area contributed by atoms with Gasteiger partial charge in [-0.2, -0.15) is 4.98 Å². The Balaban J connectivity index is 1.24. The Morgan fingerprint density at radius 1 is 1.07 bits per heavy atom. The molecule has 0 aliphatic carbocycles. The first-order valence-electron chi connectivity index (χ1n) is 10.0. The highest BCUT2D eigenvalue weighted by atomic mass is 16.7. The molecule has 1 unspecified atom stereocenters. The standard InChI is InChI=1S/C20H24N6O4/c27-11-15(28)10-26-12-22-16-8-21-20(23-19(16)26)25-5-3-24(4-6-25)9-14-1-2-17-18(7-14)30-13-29-17/h1-2,7-8,12,15,27-28H,3-6,9-11,13H2. The molecule has 0 bridgehead atoms. The van der Waals surface area contributed by atoms with Crippen LogP contribution in [0.4, 0.5) is 5.95 Å². The Bertz CT molecular complexity index is 1030. The zero-order valence-corrected chi connectivity index (χ0v) is 16.5. The number of piperazine rings is 1. The van der Waals surface area contributed by atoms with E-state index < -0.39 is 6.10 Å². The van der Waals surface area contributed by atoms with Crippen LogP contribution in [0.1, 0.15) is 5.56 Å². The lowest BCUT2D eigenvalue weighted by molar-refractivity contribution is 0.0820. The Hall–Kier alpha value is -2.95. The molecule has 2 N–H and O–H groups in total. The molecule has 158 valence electrons. The molecule has 0 saturated carbocycles. The fourth-order valence-corrected chi connectivity index (χ4v) is 3.82. The second kappa shape index (κ2) is 8.05. The van der Waals surface area contributed by atoms with Crippen molar-refractivity contribution in [1.82, 2.24) is 24.4 Å². The van der Waals surface area contributed by atoms with Crippen LogP contribution in [-0.2, 0) is 13.1 Å². The highest BCUT2D eigenvalue weighted by molar-refractivity contribution is 5.71. The quantitative estimate of drug-likeness (QED) is 0.588. The van der Waals surface area contributed by atoms with E-state index in [1.54, 1.807) is 17.1 Å². The third-order valence-corrected chi connectivity index (χ3v) is 5.46. The maximum Gasteiger partial charge on any atom is 0.231 e. The van der Waals surface area contributed by atoms with Gasteiger partial charge in [0.2, 0.25) is 12.7 Å². The van der Waals surface area contributed by atoms with Gasteiger partial charge in [-0.1, -0.05) is 6.07 Å². The van der Waals surface area contributed by atoms with E-state index in [4.69, 9.17) is 14.6 Å². The fourth-order valence-electron chi connectivity index (χ4n) is 3.82. The topological polar surface area (TPSA) is 109 Å². The molecule has 10 nitrogen and oxygen atoms in total. The first kappa shape index (κ1) is 19.0. The van der Waals surface area contributed by atoms with Gasteiger partial charge in [-0.3, -0.25) is 4.90 Å². The van der Waals surface area contributed by atoms with Crippen molar-refractivity contribution < 1.29 is 19.7 Å². The summed E-state index contributed by atoms with van der Waals surface area (Å²) in [5, 5.41) is 18.8. The van der Waals surface area contributed by atoms with Crippen LogP contribution in [-0.4, -0.2) is 80.3 Å². The summed E-state index contributed by atoms with van der Waals surface area (Å²) in [7, 11) is 0. The summed E-state index contributed by atoms with van der Waals surface area (Å²) in [6, 6.07) is 6.10. The second-order valence-electron chi connectivity index (χ2n) is 7.56. The van der Waals surface area contributed by atoms with Crippen molar-refractivity contribution in [1.29, 1.82) is 0 Å². The van der Waals surface area contributed by atoms with Gasteiger partial charge in [0.25, 0.3) is 0 Å². The van der Waals surface area contributed by atoms with E-state index in [1.807, 2.05) is 12.1 Å². The van der Waals surface area contributed by atoms with E-state index in [0.29, 0.717) is 23.9 Å². The van der Waals surface area contributed by atoms with E-state index in [9.17, 15) is 5.11 Å². The van der Waals surface area contributed by atoms with Crippen LogP contribution < -0.4 is 14.4 Å². The average Bonchev–Trinajstić information content (AvgIpc) is 3.40. The van der Waals surface area contributed by atoms with Crippen LogP contribution in [0.25, 0.3) is 11.2 Å². The molecule has 2 aromatic heterocycles. The van der Waals surface area contributed by atoms with Gasteiger partial charge < -0.3 is 29.2 Å². The lowest BCUT2D eigenvalue weighted by Gasteiger charge is -2.34. The molecular weight excluding hydrogens is 388 g/mol. The highest BCUT2D eigenvalue weighted by Gasteiger charge is 2.21. The third kappa shape index (κ3) is 3.76. The van der Waals surface area contributed by atoms with Crippen LogP contribution in [0.3, 0.4) is 0 Å². The number of anilines is 1. The summed E-state index contributed by atoms with van der Waals surface area (Å²) in [5.41, 5.74) is 2.54. The van der Waals surface area contributed by atoms with E-state index in [0.717, 1.165) is 44.2 Å². The number of aliphatic hydroxyl groups is 2. The Kier molecular flexibility index (Phi) is 5.11. The molecule has 2 aliphatic heterocycles. The molecule has 1 aromatic carbocycles. The molecular formula is C20H24N6O4. The molecule has 3 aromatic rings. The maximum absolute atomic E-state index is 9.74. The number of aromatic nitrogens is 4. The second-order valence-corrected chi connectivity index (χ2v) is 7.56. The molecule has 1 atom stereocenters. The fraction of sp³-hybridized carbons (Fsp3) is 0.450. The zero-order chi connectivity index (χ0) is 20.5. The van der Waals surface area contributed by atoms with Crippen LogP contribution in [0.2, 0.25) is 0 Å². The first-order chi connectivity index (χ1) is 14.7. The monoisotopic (exact) mass is 412 g/mol. The predicted molar refractivity (Wildman–Crippen MR) is 108 cm³/mol. The van der Waals surface area contributed by atoms with Crippen molar-refractivity contribution in [2.24, 2.45) is 0 Å². The number of ether oxygens (including phenoxy) is 2. The van der Waals surface area contributed by atoms with Crippen molar-refractivity contribution in [2.75, 3.05) is 44.5 Å². The van der Waals surface area contributed by atoms with Crippen molar-refractivity contribution in [3.05, 3.63) is 36.3 Å². The van der Waals surface area contributed by atoms with Gasteiger partial charge in [-0.15, -0.1) is 0 Å². The summed E-state index contributed by atoms with van der Waals surface area (Å²) in [4.78, 5) is 18.0. The van der Waals surface area contributed by atoms with Gasteiger partial charge in [0, 0.05) is 32.7 Å². The Morgan fingerprint density at radius 3 is 2.73 bits per heavy atom. The molecule has 5 rings (SSSR count). The minimum absolute atomic E-state index is 0.243. The van der Waals surface area contributed by atoms with Gasteiger partial charge in [-0.05, 0) is 17.7 Å². The normalized spacial score (nSPS) is 17.6. The number of hydrogen-bond acceptors (Lipinski definition) is 9. The first-order valence-corrected chi connectivity index (χ1v) is 10.0. The number of aliphatic hydroxyl groups excluding tert-OH is 2. The molecule has 1 fully saturated rings. The lowest BCUT2D eigenvalue weighted by Crippen LogP contribution is -2.46. The average molecular weight is 412 g/mol. The summed E-state index contributed by atoms with van der Waals surface area (Å²) < 4.78 is 12.6. The van der Waals surface area contributed by atoms with Crippen LogP contribution in [0.5, 0.6) is 11.5 Å². The van der Waals surface area contributed by atoms with E-state index in [2.05, 4.69) is 30.8 Å². The predicted octanol–water partition coefficient (Wildman–Crippen LogP) is 0.230. The summed E-state index contributed by atoms with van der Waals surface area (Å²) in [5.74, 6) is 2.28. The Morgan fingerprint density at radius 2 is 1.90 bits per heavy atom. The summed E-state index contributed by atoms with van der Waals surface area (Å²) >= 11 is 0. The van der Waals surface area contributed by atoms with Gasteiger partial charge in [0.15, 0.2) is 17.1 Å². The number of fused-ring (bicyclic) bond motifs is 2.